The Morgan fingerprint density at radius 3 is 2.82 bits per heavy atom. The molecule has 0 spiro atoms. The smallest absolute Gasteiger partial charge is 0.133 e. The molecule has 2 heterocycles. The average Bonchev–Trinajstić information content (AvgIpc) is 2.58. The fourth-order valence-electron chi connectivity index (χ4n) is 0.776. The molecule has 11 heavy (non-hydrogen) atoms. The summed E-state index contributed by atoms with van der Waals surface area (Å²) < 4.78 is 4.65. The first-order chi connectivity index (χ1) is 5.47. The zero-order chi connectivity index (χ0) is 7.52. The van der Waals surface area contributed by atoms with Crippen molar-refractivity contribution in [1.82, 2.24) is 15.1 Å². The van der Waals surface area contributed by atoms with Gasteiger partial charge < -0.3 is 4.52 Å². The molecular formula is C7H5N3O. The van der Waals surface area contributed by atoms with Crippen LogP contribution in [0, 0.1) is 0 Å². The lowest BCUT2D eigenvalue weighted by atomic mass is 10.3. The minimum Gasteiger partial charge on any atom is -0.364 e. The van der Waals surface area contributed by atoms with E-state index in [4.69, 9.17) is 0 Å². The zero-order valence-corrected chi connectivity index (χ0v) is 5.64. The Balaban J connectivity index is 2.46. The van der Waals surface area contributed by atoms with E-state index in [1.54, 1.807) is 24.7 Å². The van der Waals surface area contributed by atoms with E-state index in [9.17, 15) is 0 Å². The maximum Gasteiger partial charge on any atom is 0.133 e. The molecule has 0 radical (unpaired) electrons. The van der Waals surface area contributed by atoms with Crippen LogP contribution in [0.25, 0.3) is 11.4 Å². The number of hydrogen-bond acceptors (Lipinski definition) is 4. The predicted octanol–water partition coefficient (Wildman–Crippen LogP) is 1.13. The Hall–Kier alpha value is -1.71. The highest BCUT2D eigenvalue weighted by atomic mass is 16.5. The van der Waals surface area contributed by atoms with E-state index in [1.807, 2.05) is 0 Å². The predicted molar refractivity (Wildman–Crippen MR) is 37.5 cm³/mol. The molecule has 54 valence electrons. The van der Waals surface area contributed by atoms with Crippen LogP contribution in [0.2, 0.25) is 0 Å². The van der Waals surface area contributed by atoms with E-state index in [2.05, 4.69) is 19.6 Å². The average molecular weight is 147 g/mol. The topological polar surface area (TPSA) is 51.8 Å². The summed E-state index contributed by atoms with van der Waals surface area (Å²) in [5.41, 5.74) is 1.43. The van der Waals surface area contributed by atoms with Gasteiger partial charge in [0.15, 0.2) is 0 Å². The summed E-state index contributed by atoms with van der Waals surface area (Å²) >= 11 is 0. The molecule has 0 saturated carbocycles. The molecule has 0 amide bonds. The molecule has 0 N–H and O–H groups in total. The van der Waals surface area contributed by atoms with Gasteiger partial charge in [0.2, 0.25) is 0 Å². The summed E-state index contributed by atoms with van der Waals surface area (Å²) in [5.74, 6) is 0. The van der Waals surface area contributed by atoms with Crippen molar-refractivity contribution >= 4 is 0 Å². The van der Waals surface area contributed by atoms with Crippen LogP contribution in [0.5, 0.6) is 0 Å². The Morgan fingerprint density at radius 1 is 1.18 bits per heavy atom. The first-order valence-corrected chi connectivity index (χ1v) is 3.13. The van der Waals surface area contributed by atoms with E-state index in [-0.39, 0.29) is 0 Å². The third kappa shape index (κ3) is 1.10. The van der Waals surface area contributed by atoms with Crippen LogP contribution in [0.15, 0.2) is 35.4 Å². The molecular weight excluding hydrogens is 142 g/mol. The number of nitrogens with zero attached hydrogens (tertiary/aromatic N) is 3. The fourth-order valence-corrected chi connectivity index (χ4v) is 0.776. The van der Waals surface area contributed by atoms with Gasteiger partial charge in [-0.05, 0) is 0 Å². The SMILES string of the molecule is c1cnc(-c2ccon2)cn1. The minimum absolute atomic E-state index is 0.707. The second-order valence-electron chi connectivity index (χ2n) is 1.98. The summed E-state index contributed by atoms with van der Waals surface area (Å²) in [7, 11) is 0. The Labute approximate surface area is 62.9 Å². The summed E-state index contributed by atoms with van der Waals surface area (Å²) in [5, 5.41) is 3.71. The van der Waals surface area contributed by atoms with Gasteiger partial charge in [-0.25, -0.2) is 0 Å². The third-order valence-electron chi connectivity index (χ3n) is 1.26. The quantitative estimate of drug-likeness (QED) is 0.606. The van der Waals surface area contributed by atoms with E-state index >= 15 is 0 Å². The van der Waals surface area contributed by atoms with E-state index in [1.165, 1.54) is 6.26 Å². The highest BCUT2D eigenvalue weighted by Crippen LogP contribution is 2.10. The van der Waals surface area contributed by atoms with E-state index in [0.717, 1.165) is 5.69 Å². The van der Waals surface area contributed by atoms with Gasteiger partial charge in [-0.2, -0.15) is 0 Å². The van der Waals surface area contributed by atoms with Gasteiger partial charge in [-0.3, -0.25) is 9.97 Å². The Morgan fingerprint density at radius 2 is 2.18 bits per heavy atom. The molecule has 0 aliphatic carbocycles. The second kappa shape index (κ2) is 2.49. The maximum atomic E-state index is 4.65. The number of rotatable bonds is 1. The van der Waals surface area contributed by atoms with Gasteiger partial charge in [0.05, 0.1) is 6.20 Å². The standard InChI is InChI=1S/C7H5N3O/c1-4-11-10-6(1)7-5-8-2-3-9-7/h1-5H. The van der Waals surface area contributed by atoms with Crippen molar-refractivity contribution in [3.63, 3.8) is 0 Å². The van der Waals surface area contributed by atoms with Gasteiger partial charge in [0, 0.05) is 18.5 Å². The van der Waals surface area contributed by atoms with Crippen LogP contribution >= 0.6 is 0 Å². The molecule has 0 aliphatic rings. The van der Waals surface area contributed by atoms with Gasteiger partial charge in [0.25, 0.3) is 0 Å². The summed E-state index contributed by atoms with van der Waals surface area (Å²) in [4.78, 5) is 7.93. The fraction of sp³-hybridized carbons (Fsp3) is 0. The third-order valence-corrected chi connectivity index (χ3v) is 1.26. The molecule has 0 atom stereocenters. The lowest BCUT2D eigenvalue weighted by Gasteiger charge is -1.89. The summed E-state index contributed by atoms with van der Waals surface area (Å²) in [6, 6.07) is 1.74. The minimum atomic E-state index is 0.707. The van der Waals surface area contributed by atoms with Crippen molar-refractivity contribution in [2.24, 2.45) is 0 Å². The van der Waals surface area contributed by atoms with Gasteiger partial charge in [0.1, 0.15) is 17.7 Å². The molecule has 0 bridgehead atoms. The lowest BCUT2D eigenvalue weighted by molar-refractivity contribution is 0.422. The van der Waals surface area contributed by atoms with E-state index in [0.29, 0.717) is 5.69 Å². The Kier molecular flexibility index (Phi) is 1.37. The van der Waals surface area contributed by atoms with Gasteiger partial charge in [-0.15, -0.1) is 0 Å². The molecule has 2 aromatic rings. The first kappa shape index (κ1) is 6.03. The summed E-state index contributed by atoms with van der Waals surface area (Å²) in [6.45, 7) is 0. The molecule has 0 saturated heterocycles. The highest BCUT2D eigenvalue weighted by molar-refractivity contribution is 5.50. The molecule has 0 fully saturated rings. The molecule has 2 rings (SSSR count). The Bertz CT molecular complexity index is 317. The zero-order valence-electron chi connectivity index (χ0n) is 5.64. The van der Waals surface area contributed by atoms with Crippen molar-refractivity contribution in [3.05, 3.63) is 30.9 Å². The molecule has 0 aliphatic heterocycles. The molecule has 0 aromatic carbocycles. The van der Waals surface area contributed by atoms with Gasteiger partial charge >= 0.3 is 0 Å². The van der Waals surface area contributed by atoms with Crippen LogP contribution in [0.3, 0.4) is 0 Å². The van der Waals surface area contributed by atoms with Crippen LogP contribution in [-0.2, 0) is 0 Å². The largest absolute Gasteiger partial charge is 0.364 e. The summed E-state index contributed by atoms with van der Waals surface area (Å²) in [6.07, 6.45) is 6.37. The molecule has 4 heteroatoms. The van der Waals surface area contributed by atoms with Gasteiger partial charge in [-0.1, -0.05) is 5.16 Å². The van der Waals surface area contributed by atoms with E-state index < -0.39 is 0 Å². The second-order valence-corrected chi connectivity index (χ2v) is 1.98. The van der Waals surface area contributed by atoms with Crippen molar-refractivity contribution < 1.29 is 4.52 Å². The normalized spacial score (nSPS) is 9.82. The van der Waals surface area contributed by atoms with Crippen molar-refractivity contribution in [2.45, 2.75) is 0 Å². The molecule has 4 nitrogen and oxygen atoms in total. The maximum absolute atomic E-state index is 4.65. The molecule has 0 unspecified atom stereocenters. The lowest BCUT2D eigenvalue weighted by Crippen LogP contribution is -1.82. The van der Waals surface area contributed by atoms with Crippen molar-refractivity contribution in [1.29, 1.82) is 0 Å². The highest BCUT2D eigenvalue weighted by Gasteiger charge is 1.99. The van der Waals surface area contributed by atoms with Crippen molar-refractivity contribution in [3.8, 4) is 11.4 Å². The van der Waals surface area contributed by atoms with Crippen LogP contribution in [0.4, 0.5) is 0 Å². The first-order valence-electron chi connectivity index (χ1n) is 3.13. The number of hydrogen-bond donors (Lipinski definition) is 0. The number of aromatic nitrogens is 3. The molecule has 2 aromatic heterocycles. The monoisotopic (exact) mass is 147 g/mol. The van der Waals surface area contributed by atoms with Crippen LogP contribution < -0.4 is 0 Å². The van der Waals surface area contributed by atoms with Crippen LogP contribution in [0.1, 0.15) is 0 Å². The van der Waals surface area contributed by atoms with Crippen LogP contribution in [-0.4, -0.2) is 15.1 Å². The van der Waals surface area contributed by atoms with Crippen molar-refractivity contribution in [2.75, 3.05) is 0 Å².